The molecule has 0 aromatic carbocycles. The molecule has 1 aliphatic rings. The van der Waals surface area contributed by atoms with Gasteiger partial charge in [0, 0.05) is 12.1 Å². The predicted molar refractivity (Wildman–Crippen MR) is 37.3 cm³/mol. The summed E-state index contributed by atoms with van der Waals surface area (Å²) in [6.45, 7) is 5.09. The summed E-state index contributed by atoms with van der Waals surface area (Å²) in [5.74, 6) is 0. The molecule has 1 rings (SSSR count). The normalized spacial score (nSPS) is 34.3. The van der Waals surface area contributed by atoms with E-state index < -0.39 is 0 Å². The molecule has 1 atom stereocenters. The second-order valence-corrected chi connectivity index (χ2v) is 3.46. The second-order valence-electron chi connectivity index (χ2n) is 3.46. The molecule has 0 saturated carbocycles. The number of piperidine rings is 1. The van der Waals surface area contributed by atoms with Gasteiger partial charge in [-0.1, -0.05) is 0 Å². The SMILES string of the molecule is CC1(C)CCC(O)CN1. The molecule has 9 heavy (non-hydrogen) atoms. The largest absolute Gasteiger partial charge is 0.392 e. The van der Waals surface area contributed by atoms with Crippen LogP contribution < -0.4 is 5.32 Å². The van der Waals surface area contributed by atoms with Crippen molar-refractivity contribution >= 4 is 0 Å². The highest BCUT2D eigenvalue weighted by molar-refractivity contribution is 4.84. The van der Waals surface area contributed by atoms with Gasteiger partial charge in [-0.3, -0.25) is 0 Å². The number of aliphatic hydroxyl groups excluding tert-OH is 1. The molecule has 0 aromatic rings. The van der Waals surface area contributed by atoms with E-state index in [1.807, 2.05) is 0 Å². The molecule has 2 N–H and O–H groups in total. The van der Waals surface area contributed by atoms with E-state index in [4.69, 9.17) is 5.11 Å². The van der Waals surface area contributed by atoms with Crippen LogP contribution >= 0.6 is 0 Å². The van der Waals surface area contributed by atoms with Crippen molar-refractivity contribution in [1.82, 2.24) is 5.32 Å². The average Bonchev–Trinajstić information content (AvgIpc) is 1.78. The summed E-state index contributed by atoms with van der Waals surface area (Å²) in [6.07, 6.45) is 1.91. The molecule has 1 saturated heterocycles. The zero-order valence-corrected chi connectivity index (χ0v) is 6.15. The zero-order valence-electron chi connectivity index (χ0n) is 6.15. The minimum atomic E-state index is -0.113. The van der Waals surface area contributed by atoms with Gasteiger partial charge in [0.15, 0.2) is 0 Å². The van der Waals surface area contributed by atoms with Crippen LogP contribution in [0, 0.1) is 0 Å². The predicted octanol–water partition coefficient (Wildman–Crippen LogP) is 0.509. The molecule has 1 unspecified atom stereocenters. The Labute approximate surface area is 56.3 Å². The molecule has 2 nitrogen and oxygen atoms in total. The lowest BCUT2D eigenvalue weighted by molar-refractivity contribution is 0.105. The van der Waals surface area contributed by atoms with Crippen LogP contribution in [0.3, 0.4) is 0 Å². The lowest BCUT2D eigenvalue weighted by atomic mass is 9.92. The van der Waals surface area contributed by atoms with E-state index in [1.165, 1.54) is 0 Å². The lowest BCUT2D eigenvalue weighted by Gasteiger charge is -2.33. The third-order valence-electron chi connectivity index (χ3n) is 1.92. The highest BCUT2D eigenvalue weighted by atomic mass is 16.3. The molecule has 54 valence electrons. The maximum atomic E-state index is 9.08. The van der Waals surface area contributed by atoms with Crippen molar-refractivity contribution in [3.8, 4) is 0 Å². The van der Waals surface area contributed by atoms with E-state index in [0.29, 0.717) is 0 Å². The Morgan fingerprint density at radius 1 is 1.56 bits per heavy atom. The fraction of sp³-hybridized carbons (Fsp3) is 1.00. The number of hydrogen-bond acceptors (Lipinski definition) is 2. The maximum Gasteiger partial charge on any atom is 0.0665 e. The first-order valence-corrected chi connectivity index (χ1v) is 3.53. The molecule has 0 aromatic heterocycles. The van der Waals surface area contributed by atoms with Gasteiger partial charge in [0.1, 0.15) is 0 Å². The summed E-state index contributed by atoms with van der Waals surface area (Å²) in [7, 11) is 0. The van der Waals surface area contributed by atoms with Crippen molar-refractivity contribution in [1.29, 1.82) is 0 Å². The molecule has 1 aliphatic heterocycles. The van der Waals surface area contributed by atoms with Gasteiger partial charge in [-0.05, 0) is 26.7 Å². The van der Waals surface area contributed by atoms with E-state index in [-0.39, 0.29) is 11.6 Å². The first kappa shape index (κ1) is 7.03. The summed E-state index contributed by atoms with van der Waals surface area (Å²) in [5.41, 5.74) is 0.249. The smallest absolute Gasteiger partial charge is 0.0665 e. The quantitative estimate of drug-likeness (QED) is 0.499. The number of rotatable bonds is 0. The van der Waals surface area contributed by atoms with Gasteiger partial charge in [0.05, 0.1) is 6.10 Å². The van der Waals surface area contributed by atoms with Gasteiger partial charge >= 0.3 is 0 Å². The molecule has 2 heteroatoms. The Bertz CT molecular complexity index is 91.1. The van der Waals surface area contributed by atoms with Gasteiger partial charge in [-0.15, -0.1) is 0 Å². The zero-order chi connectivity index (χ0) is 6.91. The van der Waals surface area contributed by atoms with E-state index >= 15 is 0 Å². The fourth-order valence-electron chi connectivity index (χ4n) is 1.11. The third-order valence-corrected chi connectivity index (χ3v) is 1.92. The fourth-order valence-corrected chi connectivity index (χ4v) is 1.11. The molecule has 1 fully saturated rings. The molecule has 0 aliphatic carbocycles. The van der Waals surface area contributed by atoms with Crippen LogP contribution in [0.1, 0.15) is 26.7 Å². The van der Waals surface area contributed by atoms with Crippen LogP contribution in [0.4, 0.5) is 0 Å². The number of hydrogen-bond donors (Lipinski definition) is 2. The van der Waals surface area contributed by atoms with Crippen LogP contribution in [-0.2, 0) is 0 Å². The van der Waals surface area contributed by atoms with Crippen LogP contribution in [-0.4, -0.2) is 23.3 Å². The van der Waals surface area contributed by atoms with Gasteiger partial charge in [0.25, 0.3) is 0 Å². The van der Waals surface area contributed by atoms with E-state index in [2.05, 4.69) is 19.2 Å². The van der Waals surface area contributed by atoms with Gasteiger partial charge < -0.3 is 10.4 Å². The highest BCUT2D eigenvalue weighted by Crippen LogP contribution is 2.17. The maximum absolute atomic E-state index is 9.08. The summed E-state index contributed by atoms with van der Waals surface area (Å²) in [4.78, 5) is 0. The van der Waals surface area contributed by atoms with Crippen LogP contribution in [0.5, 0.6) is 0 Å². The number of aliphatic hydroxyl groups is 1. The van der Waals surface area contributed by atoms with Crippen molar-refractivity contribution in [2.45, 2.75) is 38.3 Å². The Kier molecular flexibility index (Phi) is 1.78. The molecule has 0 amide bonds. The average molecular weight is 129 g/mol. The molecule has 0 spiro atoms. The minimum Gasteiger partial charge on any atom is -0.392 e. The van der Waals surface area contributed by atoms with Crippen LogP contribution in [0.15, 0.2) is 0 Å². The Morgan fingerprint density at radius 3 is 2.56 bits per heavy atom. The number of β-amino-alcohol motifs (C(OH)–C–C–N with tert-alkyl or cyclic N) is 1. The van der Waals surface area contributed by atoms with Crippen molar-refractivity contribution in [3.05, 3.63) is 0 Å². The van der Waals surface area contributed by atoms with Crippen molar-refractivity contribution < 1.29 is 5.11 Å². The van der Waals surface area contributed by atoms with Gasteiger partial charge in [-0.2, -0.15) is 0 Å². The summed E-state index contributed by atoms with van der Waals surface area (Å²) < 4.78 is 0. The van der Waals surface area contributed by atoms with Gasteiger partial charge in [-0.25, -0.2) is 0 Å². The first-order valence-electron chi connectivity index (χ1n) is 3.53. The summed E-state index contributed by atoms with van der Waals surface area (Å²) >= 11 is 0. The Balaban J connectivity index is 2.35. The monoisotopic (exact) mass is 129 g/mol. The first-order chi connectivity index (χ1) is 4.10. The lowest BCUT2D eigenvalue weighted by Crippen LogP contribution is -2.48. The van der Waals surface area contributed by atoms with Crippen molar-refractivity contribution in [2.75, 3.05) is 6.54 Å². The van der Waals surface area contributed by atoms with E-state index in [1.54, 1.807) is 0 Å². The van der Waals surface area contributed by atoms with E-state index in [0.717, 1.165) is 19.4 Å². The Morgan fingerprint density at radius 2 is 2.22 bits per heavy atom. The molecular weight excluding hydrogens is 114 g/mol. The van der Waals surface area contributed by atoms with Gasteiger partial charge in [0.2, 0.25) is 0 Å². The molecule has 0 radical (unpaired) electrons. The molecular formula is C7H15NO. The van der Waals surface area contributed by atoms with Crippen molar-refractivity contribution in [2.24, 2.45) is 0 Å². The summed E-state index contributed by atoms with van der Waals surface area (Å²) in [6, 6.07) is 0. The third kappa shape index (κ3) is 1.95. The summed E-state index contributed by atoms with van der Waals surface area (Å²) in [5, 5.41) is 12.3. The Hall–Kier alpha value is -0.0800. The van der Waals surface area contributed by atoms with Crippen LogP contribution in [0.25, 0.3) is 0 Å². The molecule has 0 bridgehead atoms. The van der Waals surface area contributed by atoms with E-state index in [9.17, 15) is 0 Å². The minimum absolute atomic E-state index is 0.113. The topological polar surface area (TPSA) is 32.3 Å². The standard InChI is InChI=1S/C7H15NO/c1-7(2)4-3-6(9)5-8-7/h6,8-9H,3-5H2,1-2H3. The van der Waals surface area contributed by atoms with Crippen molar-refractivity contribution in [3.63, 3.8) is 0 Å². The second kappa shape index (κ2) is 2.27. The highest BCUT2D eigenvalue weighted by Gasteiger charge is 2.24. The van der Waals surface area contributed by atoms with Crippen LogP contribution in [0.2, 0.25) is 0 Å². The molecule has 1 heterocycles. The number of nitrogens with one attached hydrogen (secondary N) is 1.